The maximum Gasteiger partial charge on any atom is 0.321 e. The fourth-order valence-electron chi connectivity index (χ4n) is 0.576. The summed E-state index contributed by atoms with van der Waals surface area (Å²) in [6.07, 6.45) is 0. The van der Waals surface area contributed by atoms with Gasteiger partial charge in [-0.05, 0) is 20.8 Å². The molecule has 0 aliphatic carbocycles. The van der Waals surface area contributed by atoms with Crippen LogP contribution in [-0.2, 0) is 15.6 Å². The number of carbonyl (C=O) groups is 1. The van der Waals surface area contributed by atoms with Gasteiger partial charge in [-0.3, -0.25) is 9.00 Å². The largest absolute Gasteiger partial charge is 0.480 e. The van der Waals surface area contributed by atoms with Crippen molar-refractivity contribution in [2.24, 2.45) is 0 Å². The molecule has 1 N–H and O–H groups in total. The molecule has 12 heavy (non-hydrogen) atoms. The predicted molar refractivity (Wildman–Crippen MR) is 44.9 cm³/mol. The first kappa shape index (κ1) is 11.1. The summed E-state index contributed by atoms with van der Waals surface area (Å²) in [5, 5.41) is 16.3. The first-order valence-corrected chi connectivity index (χ1v) is 4.59. The number of hydrogen-bond donors (Lipinski definition) is 1. The Hall–Kier alpha value is -0.890. The number of carboxylic acids is 1. The summed E-state index contributed by atoms with van der Waals surface area (Å²) >= 11 is 0. The number of aliphatic carboxylic acids is 1. The van der Waals surface area contributed by atoms with E-state index in [0.29, 0.717) is 0 Å². The average Bonchev–Trinajstić information content (AvgIpc) is 2.01. The van der Waals surface area contributed by atoms with Crippen LogP contribution in [0.1, 0.15) is 20.8 Å². The highest BCUT2D eigenvalue weighted by Crippen LogP contribution is 2.16. The summed E-state index contributed by atoms with van der Waals surface area (Å²) < 4.78 is 9.99. The highest BCUT2D eigenvalue weighted by molar-refractivity contribution is 7.88. The van der Waals surface area contributed by atoms with E-state index in [2.05, 4.69) is 0 Å². The molecule has 0 heterocycles. The van der Waals surface area contributed by atoms with Gasteiger partial charge in [-0.2, -0.15) is 5.26 Å². The number of nitriles is 1. The second-order valence-electron chi connectivity index (χ2n) is 2.88. The predicted octanol–water partition coefficient (Wildman–Crippen LogP) is 0.510. The molecule has 0 spiro atoms. The second-order valence-corrected chi connectivity index (χ2v) is 5.21. The minimum Gasteiger partial charge on any atom is -0.480 e. The van der Waals surface area contributed by atoms with Gasteiger partial charge in [0.15, 0.2) is 0 Å². The molecule has 0 fully saturated rings. The average molecular weight is 189 g/mol. The van der Waals surface area contributed by atoms with Crippen LogP contribution in [0.15, 0.2) is 0 Å². The molecule has 0 radical (unpaired) electrons. The minimum atomic E-state index is -1.67. The molecule has 0 saturated carbocycles. The standard InChI is InChI=1S/C7H11NO3S/c1-5(4-8)12(11)7(2,3)6(9)10/h5H,1-3H3,(H,9,10). The van der Waals surface area contributed by atoms with Crippen LogP contribution in [-0.4, -0.2) is 25.3 Å². The van der Waals surface area contributed by atoms with Gasteiger partial charge in [0.1, 0.15) is 10.00 Å². The third-order valence-electron chi connectivity index (χ3n) is 1.52. The van der Waals surface area contributed by atoms with Gasteiger partial charge in [0, 0.05) is 0 Å². The lowest BCUT2D eigenvalue weighted by atomic mass is 10.2. The number of nitrogens with zero attached hydrogens (tertiary/aromatic N) is 1. The molecule has 0 rings (SSSR count). The van der Waals surface area contributed by atoms with Crippen molar-refractivity contribution in [3.8, 4) is 6.07 Å². The van der Waals surface area contributed by atoms with Gasteiger partial charge in [-0.25, -0.2) is 0 Å². The Bertz CT molecular complexity index is 254. The molecule has 4 nitrogen and oxygen atoms in total. The topological polar surface area (TPSA) is 78.2 Å². The Kier molecular flexibility index (Phi) is 3.40. The zero-order valence-corrected chi connectivity index (χ0v) is 8.01. The Morgan fingerprint density at radius 3 is 2.33 bits per heavy atom. The van der Waals surface area contributed by atoms with Gasteiger partial charge in [-0.1, -0.05) is 0 Å². The summed E-state index contributed by atoms with van der Waals surface area (Å²) in [7, 11) is -1.67. The molecule has 0 aromatic heterocycles. The van der Waals surface area contributed by atoms with E-state index >= 15 is 0 Å². The summed E-state index contributed by atoms with van der Waals surface area (Å²) in [5.41, 5.74) is 0. The van der Waals surface area contributed by atoms with Crippen LogP contribution in [0.25, 0.3) is 0 Å². The summed E-state index contributed by atoms with van der Waals surface area (Å²) in [6, 6.07) is 1.76. The van der Waals surface area contributed by atoms with E-state index in [0.717, 1.165) is 0 Å². The first-order chi connectivity index (χ1) is 5.34. The lowest BCUT2D eigenvalue weighted by Crippen LogP contribution is -2.40. The van der Waals surface area contributed by atoms with E-state index in [4.69, 9.17) is 10.4 Å². The molecule has 68 valence electrons. The summed E-state index contributed by atoms with van der Waals surface area (Å²) in [4.78, 5) is 10.6. The van der Waals surface area contributed by atoms with Crippen molar-refractivity contribution in [3.63, 3.8) is 0 Å². The van der Waals surface area contributed by atoms with E-state index in [-0.39, 0.29) is 0 Å². The lowest BCUT2D eigenvalue weighted by Gasteiger charge is -2.19. The number of rotatable bonds is 3. The maximum atomic E-state index is 11.3. The smallest absolute Gasteiger partial charge is 0.321 e. The van der Waals surface area contributed by atoms with Crippen molar-refractivity contribution in [2.75, 3.05) is 0 Å². The number of carboxylic acid groups (broad SMARTS) is 1. The molecule has 0 aromatic carbocycles. The minimum absolute atomic E-state index is 0.754. The molecule has 0 amide bonds. The molecule has 2 atom stereocenters. The summed E-state index contributed by atoms with van der Waals surface area (Å²) in [5.74, 6) is -1.15. The zero-order valence-electron chi connectivity index (χ0n) is 7.20. The van der Waals surface area contributed by atoms with Crippen LogP contribution in [0.4, 0.5) is 0 Å². The Morgan fingerprint density at radius 2 is 2.08 bits per heavy atom. The molecule has 0 bridgehead atoms. The van der Waals surface area contributed by atoms with Crippen LogP contribution >= 0.6 is 0 Å². The molecule has 5 heteroatoms. The third-order valence-corrected chi connectivity index (χ3v) is 3.45. The molecule has 0 saturated heterocycles. The number of hydrogen-bond acceptors (Lipinski definition) is 3. The van der Waals surface area contributed by atoms with Gasteiger partial charge in [0.05, 0.1) is 16.9 Å². The molecular weight excluding hydrogens is 178 g/mol. The van der Waals surface area contributed by atoms with Gasteiger partial charge in [0.2, 0.25) is 0 Å². The van der Waals surface area contributed by atoms with Crippen molar-refractivity contribution in [1.29, 1.82) is 5.26 Å². The van der Waals surface area contributed by atoms with E-state index < -0.39 is 26.8 Å². The maximum absolute atomic E-state index is 11.3. The lowest BCUT2D eigenvalue weighted by molar-refractivity contribution is -0.139. The van der Waals surface area contributed by atoms with Crippen molar-refractivity contribution < 1.29 is 14.1 Å². The molecular formula is C7H11NO3S. The molecule has 0 aromatic rings. The van der Waals surface area contributed by atoms with Crippen molar-refractivity contribution >= 4 is 16.8 Å². The van der Waals surface area contributed by atoms with Crippen LogP contribution < -0.4 is 0 Å². The Labute approximate surface area is 73.7 Å². The van der Waals surface area contributed by atoms with E-state index in [1.54, 1.807) is 6.07 Å². The van der Waals surface area contributed by atoms with Crippen molar-refractivity contribution in [2.45, 2.75) is 30.8 Å². The third kappa shape index (κ3) is 2.05. The first-order valence-electron chi connectivity index (χ1n) is 3.37. The Balaban J connectivity index is 4.72. The van der Waals surface area contributed by atoms with Gasteiger partial charge < -0.3 is 5.11 Å². The molecule has 2 unspecified atom stereocenters. The van der Waals surface area contributed by atoms with E-state index in [1.165, 1.54) is 20.8 Å². The van der Waals surface area contributed by atoms with E-state index in [9.17, 15) is 9.00 Å². The highest BCUT2D eigenvalue weighted by Gasteiger charge is 2.37. The quantitative estimate of drug-likeness (QED) is 0.701. The van der Waals surface area contributed by atoms with Gasteiger partial charge in [0.25, 0.3) is 0 Å². The van der Waals surface area contributed by atoms with Gasteiger partial charge in [-0.15, -0.1) is 0 Å². The fourth-order valence-corrected chi connectivity index (χ4v) is 1.73. The second kappa shape index (κ2) is 3.68. The highest BCUT2D eigenvalue weighted by atomic mass is 32.2. The van der Waals surface area contributed by atoms with Crippen molar-refractivity contribution in [1.82, 2.24) is 0 Å². The SMILES string of the molecule is CC(C#N)S(=O)C(C)(C)C(=O)O. The van der Waals surface area contributed by atoms with Crippen LogP contribution in [0.3, 0.4) is 0 Å². The van der Waals surface area contributed by atoms with Crippen LogP contribution in [0, 0.1) is 11.3 Å². The monoisotopic (exact) mass is 189 g/mol. The van der Waals surface area contributed by atoms with E-state index in [1.807, 2.05) is 0 Å². The fraction of sp³-hybridized carbons (Fsp3) is 0.714. The zero-order chi connectivity index (χ0) is 9.94. The van der Waals surface area contributed by atoms with Gasteiger partial charge >= 0.3 is 5.97 Å². The molecule has 0 aliphatic heterocycles. The summed E-state index contributed by atoms with van der Waals surface area (Å²) in [6.45, 7) is 4.14. The Morgan fingerprint density at radius 1 is 1.67 bits per heavy atom. The molecule has 0 aliphatic rings. The van der Waals surface area contributed by atoms with Crippen LogP contribution in [0.2, 0.25) is 0 Å². The van der Waals surface area contributed by atoms with Crippen LogP contribution in [0.5, 0.6) is 0 Å². The van der Waals surface area contributed by atoms with Crippen molar-refractivity contribution in [3.05, 3.63) is 0 Å². The normalized spacial score (nSPS) is 16.2.